The summed E-state index contributed by atoms with van der Waals surface area (Å²) in [6.07, 6.45) is -2.49. The third kappa shape index (κ3) is 6.40. The largest absolute Gasteiger partial charge is 0.482 e. The number of aryl methyl sites for hydroxylation is 1. The van der Waals surface area contributed by atoms with Crippen LogP contribution in [0.25, 0.3) is 5.57 Å². The normalized spacial score (nSPS) is 11.9. The van der Waals surface area contributed by atoms with Crippen molar-refractivity contribution >= 4 is 23.3 Å². The Kier molecular flexibility index (Phi) is 7.64. The number of aliphatic carboxylic acids is 1. The van der Waals surface area contributed by atoms with Gasteiger partial charge >= 0.3 is 12.1 Å². The summed E-state index contributed by atoms with van der Waals surface area (Å²) in [5.74, 6) is -0.00726. The zero-order valence-corrected chi connectivity index (χ0v) is 18.0. The van der Waals surface area contributed by atoms with Gasteiger partial charge in [-0.1, -0.05) is 48.5 Å². The van der Waals surface area contributed by atoms with Crippen molar-refractivity contribution in [3.8, 4) is 5.75 Å². The van der Waals surface area contributed by atoms with Crippen LogP contribution in [0.5, 0.6) is 5.75 Å². The maximum absolute atomic E-state index is 13.2. The number of alkyl halides is 3. The number of carbonyl (C=O) groups is 1. The fourth-order valence-electron chi connectivity index (χ4n) is 3.12. The highest BCUT2D eigenvalue weighted by Crippen LogP contribution is 2.33. The van der Waals surface area contributed by atoms with E-state index >= 15 is 0 Å². The Hall–Kier alpha value is -3.19. The zero-order chi connectivity index (χ0) is 23.1. The average molecular weight is 459 g/mol. The van der Waals surface area contributed by atoms with Crippen molar-refractivity contribution in [2.75, 3.05) is 12.4 Å². The van der Waals surface area contributed by atoms with Crippen LogP contribution in [0.2, 0.25) is 0 Å². The standard InChI is InChI=1S/C25H21F3O3S/c1-17-14-21(10-11-23(17)31-16-24(29)30)32-13-12-22(18-6-3-2-4-7-18)19-8-5-9-20(15-19)25(26,27)28/h2-12,14-15H,13,16H2,1H3,(H,29,30)/b22-12-. The molecule has 3 aromatic carbocycles. The second-order valence-corrected chi connectivity index (χ2v) is 8.08. The van der Waals surface area contributed by atoms with E-state index in [2.05, 4.69) is 0 Å². The van der Waals surface area contributed by atoms with E-state index < -0.39 is 24.3 Å². The van der Waals surface area contributed by atoms with Crippen molar-refractivity contribution in [1.29, 1.82) is 0 Å². The quantitative estimate of drug-likeness (QED) is 0.382. The molecule has 0 atom stereocenters. The summed E-state index contributed by atoms with van der Waals surface area (Å²) in [4.78, 5) is 11.6. The monoisotopic (exact) mass is 458 g/mol. The van der Waals surface area contributed by atoms with Crippen molar-refractivity contribution < 1.29 is 27.8 Å². The number of carboxylic acid groups (broad SMARTS) is 1. The molecule has 32 heavy (non-hydrogen) atoms. The molecule has 0 spiro atoms. The number of carboxylic acids is 1. The molecule has 1 N–H and O–H groups in total. The lowest BCUT2D eigenvalue weighted by Gasteiger charge is -2.13. The molecule has 0 saturated carbocycles. The molecule has 0 aliphatic carbocycles. The van der Waals surface area contributed by atoms with Gasteiger partial charge in [-0.2, -0.15) is 13.2 Å². The SMILES string of the molecule is Cc1cc(SC/C=C(/c2ccccc2)c2cccc(C(F)(F)F)c2)ccc1OCC(=O)O. The Morgan fingerprint density at radius 3 is 2.38 bits per heavy atom. The number of hydrogen-bond donors (Lipinski definition) is 1. The Labute approximate surface area is 188 Å². The number of thioether (sulfide) groups is 1. The minimum atomic E-state index is -4.41. The van der Waals surface area contributed by atoms with E-state index in [-0.39, 0.29) is 0 Å². The third-order valence-corrected chi connectivity index (χ3v) is 5.54. The summed E-state index contributed by atoms with van der Waals surface area (Å²) in [6.45, 7) is 1.42. The molecular formula is C25H21F3O3S. The van der Waals surface area contributed by atoms with Crippen LogP contribution in [-0.2, 0) is 11.0 Å². The molecule has 0 unspecified atom stereocenters. The Balaban J connectivity index is 1.82. The van der Waals surface area contributed by atoms with Crippen molar-refractivity contribution in [2.24, 2.45) is 0 Å². The predicted molar refractivity (Wildman–Crippen MR) is 120 cm³/mol. The van der Waals surface area contributed by atoms with E-state index in [0.29, 0.717) is 17.1 Å². The first-order valence-electron chi connectivity index (χ1n) is 9.75. The van der Waals surface area contributed by atoms with E-state index in [9.17, 15) is 18.0 Å². The predicted octanol–water partition coefficient (Wildman–Crippen LogP) is 6.70. The maximum atomic E-state index is 13.2. The molecule has 3 rings (SSSR count). The molecule has 3 nitrogen and oxygen atoms in total. The van der Waals surface area contributed by atoms with Gasteiger partial charge in [0.1, 0.15) is 5.75 Å². The van der Waals surface area contributed by atoms with Crippen molar-refractivity contribution in [3.05, 3.63) is 101 Å². The average Bonchev–Trinajstić information content (AvgIpc) is 2.76. The van der Waals surface area contributed by atoms with Gasteiger partial charge in [-0.05, 0) is 59.5 Å². The topological polar surface area (TPSA) is 46.5 Å². The van der Waals surface area contributed by atoms with Gasteiger partial charge in [0.05, 0.1) is 5.56 Å². The van der Waals surface area contributed by atoms with Crippen LogP contribution in [0.15, 0.2) is 83.8 Å². The van der Waals surface area contributed by atoms with Crippen LogP contribution in [0.1, 0.15) is 22.3 Å². The fraction of sp³-hybridized carbons (Fsp3) is 0.160. The molecule has 0 aromatic heterocycles. The molecule has 0 saturated heterocycles. The van der Waals surface area contributed by atoms with Crippen molar-refractivity contribution in [2.45, 2.75) is 18.0 Å². The van der Waals surface area contributed by atoms with Gasteiger partial charge < -0.3 is 9.84 Å². The van der Waals surface area contributed by atoms with E-state index in [4.69, 9.17) is 9.84 Å². The van der Waals surface area contributed by atoms with Gasteiger partial charge in [-0.25, -0.2) is 4.79 Å². The fourth-order valence-corrected chi connectivity index (χ4v) is 3.98. The first-order chi connectivity index (χ1) is 15.2. The minimum absolute atomic E-state index is 0.409. The molecule has 3 aromatic rings. The molecule has 7 heteroatoms. The Morgan fingerprint density at radius 2 is 1.72 bits per heavy atom. The molecule has 0 heterocycles. The number of rotatable bonds is 8. The number of hydrogen-bond acceptors (Lipinski definition) is 3. The minimum Gasteiger partial charge on any atom is -0.482 e. The van der Waals surface area contributed by atoms with E-state index in [1.54, 1.807) is 12.1 Å². The number of benzene rings is 3. The second-order valence-electron chi connectivity index (χ2n) is 6.98. The van der Waals surface area contributed by atoms with Gasteiger partial charge in [-0.3, -0.25) is 0 Å². The van der Waals surface area contributed by atoms with Gasteiger partial charge in [0, 0.05) is 10.6 Å². The smallest absolute Gasteiger partial charge is 0.416 e. The summed E-state index contributed by atoms with van der Waals surface area (Å²) in [5.41, 5.74) is 2.18. The third-order valence-electron chi connectivity index (χ3n) is 4.62. The van der Waals surface area contributed by atoms with Crippen LogP contribution in [0, 0.1) is 6.92 Å². The van der Waals surface area contributed by atoms with Crippen LogP contribution in [0.3, 0.4) is 0 Å². The van der Waals surface area contributed by atoms with Gasteiger partial charge in [-0.15, -0.1) is 11.8 Å². The maximum Gasteiger partial charge on any atom is 0.416 e. The Bertz CT molecular complexity index is 1110. The summed E-state index contributed by atoms with van der Waals surface area (Å²) in [6, 6.07) is 20.1. The lowest BCUT2D eigenvalue weighted by molar-refractivity contribution is -0.139. The Morgan fingerprint density at radius 1 is 1.00 bits per heavy atom. The number of ether oxygens (including phenoxy) is 1. The van der Waals surface area contributed by atoms with Gasteiger partial charge in [0.25, 0.3) is 0 Å². The number of halogens is 3. The highest BCUT2D eigenvalue weighted by molar-refractivity contribution is 7.99. The second kappa shape index (κ2) is 10.4. The summed E-state index contributed by atoms with van der Waals surface area (Å²) >= 11 is 1.52. The first-order valence-corrected chi connectivity index (χ1v) is 10.7. The lowest BCUT2D eigenvalue weighted by Crippen LogP contribution is -2.09. The molecule has 0 radical (unpaired) electrons. The molecule has 166 valence electrons. The summed E-state index contributed by atoms with van der Waals surface area (Å²) in [5, 5.41) is 8.74. The highest BCUT2D eigenvalue weighted by Gasteiger charge is 2.30. The van der Waals surface area contributed by atoms with E-state index in [0.717, 1.165) is 27.7 Å². The van der Waals surface area contributed by atoms with E-state index in [1.807, 2.05) is 55.5 Å². The highest BCUT2D eigenvalue weighted by atomic mass is 32.2. The molecule has 0 aliphatic rings. The van der Waals surface area contributed by atoms with Crippen molar-refractivity contribution in [1.82, 2.24) is 0 Å². The van der Waals surface area contributed by atoms with Gasteiger partial charge in [0.15, 0.2) is 6.61 Å². The molecule has 0 amide bonds. The van der Waals surface area contributed by atoms with Crippen LogP contribution in [-0.4, -0.2) is 23.4 Å². The van der Waals surface area contributed by atoms with E-state index in [1.165, 1.54) is 23.9 Å². The molecule has 0 bridgehead atoms. The van der Waals surface area contributed by atoms with Crippen LogP contribution >= 0.6 is 11.8 Å². The van der Waals surface area contributed by atoms with Crippen molar-refractivity contribution in [3.63, 3.8) is 0 Å². The summed E-state index contributed by atoms with van der Waals surface area (Å²) < 4.78 is 44.9. The lowest BCUT2D eigenvalue weighted by atomic mass is 9.96. The molecular weight excluding hydrogens is 437 g/mol. The molecule has 0 fully saturated rings. The molecule has 0 aliphatic heterocycles. The van der Waals surface area contributed by atoms with Gasteiger partial charge in [0.2, 0.25) is 0 Å². The van der Waals surface area contributed by atoms with Crippen LogP contribution in [0.4, 0.5) is 13.2 Å². The first kappa shape index (κ1) is 23.5. The summed E-state index contributed by atoms with van der Waals surface area (Å²) in [7, 11) is 0. The zero-order valence-electron chi connectivity index (χ0n) is 17.2. The van der Waals surface area contributed by atoms with Crippen LogP contribution < -0.4 is 4.74 Å².